The van der Waals surface area contributed by atoms with Crippen LogP contribution >= 0.6 is 55.1 Å². The Morgan fingerprint density at radius 1 is 1.00 bits per heavy atom. The molecule has 0 aromatic heterocycles. The Labute approximate surface area is 166 Å². The third kappa shape index (κ3) is 5.63. The number of carbonyl (C=O) groups is 1. The normalized spacial score (nSPS) is 9.79. The van der Waals surface area contributed by atoms with Crippen molar-refractivity contribution < 1.29 is 19.4 Å². The Balaban J connectivity index is 0.000000240. The molecule has 0 radical (unpaired) electrons. The molecule has 2 rings (SSSR count). The second-order valence-corrected chi connectivity index (χ2v) is 6.89. The molecule has 0 aliphatic carbocycles. The highest BCUT2D eigenvalue weighted by atomic mass is 79.9. The number of halogens is 4. The molecule has 0 saturated heterocycles. The summed E-state index contributed by atoms with van der Waals surface area (Å²) in [7, 11) is 3.04. The van der Waals surface area contributed by atoms with Crippen LogP contribution in [0.1, 0.15) is 15.9 Å². The topological polar surface area (TPSA) is 55.8 Å². The van der Waals surface area contributed by atoms with Crippen LogP contribution in [0.25, 0.3) is 0 Å². The van der Waals surface area contributed by atoms with Gasteiger partial charge in [-0.1, -0.05) is 55.1 Å². The van der Waals surface area contributed by atoms with Gasteiger partial charge < -0.3 is 14.6 Å². The van der Waals surface area contributed by atoms with E-state index in [0.29, 0.717) is 31.6 Å². The minimum absolute atomic E-state index is 0.0336. The maximum Gasteiger partial charge on any atom is 0.151 e. The van der Waals surface area contributed by atoms with Crippen molar-refractivity contribution in [1.29, 1.82) is 0 Å². The van der Waals surface area contributed by atoms with Crippen molar-refractivity contribution in [2.75, 3.05) is 14.2 Å². The molecule has 2 aromatic rings. The molecule has 4 nitrogen and oxygen atoms in total. The summed E-state index contributed by atoms with van der Waals surface area (Å²) in [6.07, 6.45) is 0.739. The molecule has 0 spiro atoms. The van der Waals surface area contributed by atoms with E-state index < -0.39 is 0 Å². The van der Waals surface area contributed by atoms with Crippen LogP contribution in [0.5, 0.6) is 11.5 Å². The molecule has 8 heteroatoms. The Kier molecular flexibility index (Phi) is 9.08. The van der Waals surface area contributed by atoms with Gasteiger partial charge >= 0.3 is 0 Å². The van der Waals surface area contributed by atoms with Crippen LogP contribution in [-0.4, -0.2) is 25.6 Å². The van der Waals surface area contributed by atoms with Crippen LogP contribution < -0.4 is 9.47 Å². The molecule has 0 bridgehead atoms. The molecule has 1 N–H and O–H groups in total. The van der Waals surface area contributed by atoms with E-state index in [2.05, 4.69) is 31.9 Å². The first-order valence-corrected chi connectivity index (χ1v) is 8.83. The zero-order chi connectivity index (χ0) is 18.3. The fraction of sp³-hybridized carbons (Fsp3) is 0.188. The standard InChI is InChI=1S/C8H8BrClO2.C8H6BrClO2/c2*1-12-8-2-5(4-11)6(9)3-7(8)10/h2-3,11H,4H2,1H3;2-4H,1H3. The second-order valence-electron chi connectivity index (χ2n) is 4.36. The largest absolute Gasteiger partial charge is 0.495 e. The molecule has 0 unspecified atom stereocenters. The minimum atomic E-state index is -0.0336. The van der Waals surface area contributed by atoms with E-state index in [1.807, 2.05) is 0 Å². The maximum absolute atomic E-state index is 10.5. The molecule has 2 aromatic carbocycles. The third-order valence-electron chi connectivity index (χ3n) is 2.89. The first-order valence-electron chi connectivity index (χ1n) is 6.48. The van der Waals surface area contributed by atoms with Gasteiger partial charge in [-0.3, -0.25) is 4.79 Å². The number of methoxy groups -OCH3 is 2. The molecular formula is C16H14Br2Cl2O4. The van der Waals surface area contributed by atoms with Gasteiger partial charge in [-0.15, -0.1) is 0 Å². The Morgan fingerprint density at radius 2 is 1.50 bits per heavy atom. The third-order valence-corrected chi connectivity index (χ3v) is 4.90. The minimum Gasteiger partial charge on any atom is -0.495 e. The molecule has 0 aliphatic heterocycles. The second kappa shape index (κ2) is 10.3. The maximum atomic E-state index is 10.5. The lowest BCUT2D eigenvalue weighted by molar-refractivity contribution is 0.112. The Hall–Kier alpha value is -0.790. The van der Waals surface area contributed by atoms with Crippen LogP contribution in [0.3, 0.4) is 0 Å². The summed E-state index contributed by atoms with van der Waals surface area (Å²) in [5.74, 6) is 1.07. The predicted molar refractivity (Wildman–Crippen MR) is 103 cm³/mol. The summed E-state index contributed by atoms with van der Waals surface area (Å²) in [5, 5.41) is 9.91. The molecule has 130 valence electrons. The van der Waals surface area contributed by atoms with Crippen molar-refractivity contribution in [3.05, 3.63) is 54.4 Å². The first-order chi connectivity index (χ1) is 11.4. The van der Waals surface area contributed by atoms with Gasteiger partial charge in [0.05, 0.1) is 30.9 Å². The van der Waals surface area contributed by atoms with Crippen molar-refractivity contribution in [3.8, 4) is 11.5 Å². The van der Waals surface area contributed by atoms with Crippen LogP contribution in [-0.2, 0) is 6.61 Å². The number of ether oxygens (including phenoxy) is 2. The zero-order valence-electron chi connectivity index (χ0n) is 12.8. The van der Waals surface area contributed by atoms with Gasteiger partial charge in [-0.25, -0.2) is 0 Å². The van der Waals surface area contributed by atoms with Gasteiger partial charge in [-0.05, 0) is 29.8 Å². The van der Waals surface area contributed by atoms with Crippen molar-refractivity contribution in [2.45, 2.75) is 6.61 Å². The number of hydrogen-bond donors (Lipinski definition) is 1. The Morgan fingerprint density at radius 3 is 1.96 bits per heavy atom. The van der Waals surface area contributed by atoms with Crippen molar-refractivity contribution in [2.24, 2.45) is 0 Å². The number of hydrogen-bond acceptors (Lipinski definition) is 4. The average Bonchev–Trinajstić information content (AvgIpc) is 2.56. The fourth-order valence-electron chi connectivity index (χ4n) is 1.64. The van der Waals surface area contributed by atoms with Crippen LogP contribution in [0, 0.1) is 0 Å². The van der Waals surface area contributed by atoms with Crippen LogP contribution in [0.2, 0.25) is 10.0 Å². The molecule has 0 atom stereocenters. The fourth-order valence-corrected chi connectivity index (χ4v) is 3.29. The average molecular weight is 501 g/mol. The number of rotatable bonds is 4. The van der Waals surface area contributed by atoms with Gasteiger partial charge in [0, 0.05) is 14.5 Å². The van der Waals surface area contributed by atoms with E-state index in [4.69, 9.17) is 37.8 Å². The van der Waals surface area contributed by atoms with Gasteiger partial charge in [-0.2, -0.15) is 0 Å². The smallest absolute Gasteiger partial charge is 0.151 e. The van der Waals surface area contributed by atoms with E-state index in [-0.39, 0.29) is 6.61 Å². The highest BCUT2D eigenvalue weighted by molar-refractivity contribution is 9.10. The summed E-state index contributed by atoms with van der Waals surface area (Å²) in [4.78, 5) is 10.5. The predicted octanol–water partition coefficient (Wildman–Crippen LogP) is 5.53. The van der Waals surface area contributed by atoms with E-state index in [0.717, 1.165) is 16.3 Å². The molecule has 0 heterocycles. The summed E-state index contributed by atoms with van der Waals surface area (Å²) < 4.78 is 11.4. The van der Waals surface area contributed by atoms with Gasteiger partial charge in [0.15, 0.2) is 6.29 Å². The lowest BCUT2D eigenvalue weighted by Gasteiger charge is -2.06. The molecule has 0 aliphatic rings. The summed E-state index contributed by atoms with van der Waals surface area (Å²) in [6.45, 7) is -0.0336. The van der Waals surface area contributed by atoms with E-state index in [9.17, 15) is 4.79 Å². The number of aldehydes is 1. The van der Waals surface area contributed by atoms with E-state index in [1.165, 1.54) is 14.2 Å². The van der Waals surface area contributed by atoms with Gasteiger partial charge in [0.1, 0.15) is 11.5 Å². The van der Waals surface area contributed by atoms with Crippen molar-refractivity contribution in [1.82, 2.24) is 0 Å². The SMILES string of the molecule is COc1cc(C=O)c(Br)cc1Cl.COc1cc(CO)c(Br)cc1Cl. The van der Waals surface area contributed by atoms with Crippen LogP contribution in [0.15, 0.2) is 33.2 Å². The molecule has 24 heavy (non-hydrogen) atoms. The van der Waals surface area contributed by atoms with E-state index >= 15 is 0 Å². The summed E-state index contributed by atoms with van der Waals surface area (Å²) in [5.41, 5.74) is 1.28. The van der Waals surface area contributed by atoms with Crippen molar-refractivity contribution >= 4 is 61.3 Å². The monoisotopic (exact) mass is 498 g/mol. The molecule has 0 amide bonds. The number of carbonyl (C=O) groups excluding carboxylic acids is 1. The number of aliphatic hydroxyl groups is 1. The highest BCUT2D eigenvalue weighted by Crippen LogP contribution is 2.31. The number of aliphatic hydroxyl groups excluding tert-OH is 1. The molecule has 0 fully saturated rings. The zero-order valence-corrected chi connectivity index (χ0v) is 17.5. The lowest BCUT2D eigenvalue weighted by atomic mass is 10.2. The van der Waals surface area contributed by atoms with Gasteiger partial charge in [0.25, 0.3) is 0 Å². The summed E-state index contributed by atoms with van der Waals surface area (Å²) >= 11 is 18.1. The highest BCUT2D eigenvalue weighted by Gasteiger charge is 2.06. The first kappa shape index (κ1) is 21.3. The van der Waals surface area contributed by atoms with Crippen molar-refractivity contribution in [3.63, 3.8) is 0 Å². The van der Waals surface area contributed by atoms with Crippen LogP contribution in [0.4, 0.5) is 0 Å². The Bertz CT molecular complexity index is 698. The summed E-state index contributed by atoms with van der Waals surface area (Å²) in [6, 6.07) is 6.61. The van der Waals surface area contributed by atoms with Gasteiger partial charge in [0.2, 0.25) is 0 Å². The number of benzene rings is 2. The van der Waals surface area contributed by atoms with E-state index in [1.54, 1.807) is 24.3 Å². The molecular weight excluding hydrogens is 487 g/mol. The quantitative estimate of drug-likeness (QED) is 0.561. The molecule has 0 saturated carbocycles. The lowest BCUT2D eigenvalue weighted by Crippen LogP contribution is -1.89.